The van der Waals surface area contributed by atoms with Crippen LogP contribution in [0, 0.1) is 12.7 Å². The van der Waals surface area contributed by atoms with E-state index in [0.29, 0.717) is 46.6 Å². The third-order valence-electron chi connectivity index (χ3n) is 13.6. The Balaban J connectivity index is 1.01. The van der Waals surface area contributed by atoms with Crippen molar-refractivity contribution >= 4 is 38.8 Å². The monoisotopic (exact) mass is 828 g/mol. The van der Waals surface area contributed by atoms with Crippen molar-refractivity contribution in [3.63, 3.8) is 0 Å². The van der Waals surface area contributed by atoms with Gasteiger partial charge in [-0.05, 0) is 115 Å². The first kappa shape index (κ1) is 37.1. The molecule has 3 fully saturated rings. The average molecular weight is 829 g/mol. The minimum absolute atomic E-state index is 0.118. The molecule has 312 valence electrons. The maximum Gasteiger partial charge on any atom is 0.330 e. The minimum Gasteiger partial charge on any atom is -0.486 e. The number of piperazine rings is 1. The fraction of sp³-hybridized carbons (Fsp3) is 0.333. The van der Waals surface area contributed by atoms with Gasteiger partial charge in [0.15, 0.2) is 11.4 Å². The van der Waals surface area contributed by atoms with Gasteiger partial charge in [-0.25, -0.2) is 14.2 Å². The van der Waals surface area contributed by atoms with E-state index in [9.17, 15) is 4.79 Å². The second-order valence-corrected chi connectivity index (χ2v) is 17.5. The van der Waals surface area contributed by atoms with E-state index in [4.69, 9.17) is 19.4 Å². The molecule has 0 radical (unpaired) electrons. The number of hydrogen-bond acceptors (Lipinski definition) is 10. The molecule has 2 bridgehead atoms. The standard InChI is InChI=1S/C48H45FN10O3/c1-26-37(49)19-38-36(22-53-56-38)41(26)42-34(29-12-13-29)18-35-43(44(42)61-25-28-10-8-27(9-11-28)23-59-39-6-4-15-51-46(39)57(2)48(59)60)54-47(55-45(35)58-24-31-17-32(58)21-52-31)62-40-7-3-5-30-20-50-16-14-33(30)40/h4,6,8-11,14-16,18-20,22,29,31-32,40,52H,3,5,7,12-13,17,21,23-25H2,1-2H3,(H,53,56)/t31-,32-,40+/m0/s1. The van der Waals surface area contributed by atoms with Crippen molar-refractivity contribution in [3.05, 3.63) is 129 Å². The summed E-state index contributed by atoms with van der Waals surface area (Å²) in [5.74, 6) is 1.36. The molecule has 2 saturated heterocycles. The van der Waals surface area contributed by atoms with Gasteiger partial charge in [0.05, 0.1) is 23.8 Å². The number of pyridine rings is 2. The highest BCUT2D eigenvalue weighted by Crippen LogP contribution is 2.53. The summed E-state index contributed by atoms with van der Waals surface area (Å²) in [6.07, 6.45) is 12.9. The zero-order valence-electron chi connectivity index (χ0n) is 34.6. The lowest BCUT2D eigenvalue weighted by Gasteiger charge is -2.31. The van der Waals surface area contributed by atoms with E-state index in [2.05, 4.69) is 36.4 Å². The number of benzene rings is 3. The SMILES string of the molecule is Cc1c(F)cc2[nH]ncc2c1-c1c(C2CC2)cc2c(N3C[C@@H]4C[C@H]3CN4)nc(O[C@@H]3CCCc4cnccc43)nc2c1OCc1ccc(Cn2c(=O)n(C)c3ncccc32)cc1. The molecule has 3 aromatic carbocycles. The Morgan fingerprint density at radius 3 is 2.65 bits per heavy atom. The molecule has 2 aliphatic carbocycles. The summed E-state index contributed by atoms with van der Waals surface area (Å²) in [6, 6.07) is 18.7. The maximum absolute atomic E-state index is 16.0. The quantitative estimate of drug-likeness (QED) is 0.142. The van der Waals surface area contributed by atoms with Gasteiger partial charge in [-0.1, -0.05) is 24.3 Å². The predicted molar refractivity (Wildman–Crippen MR) is 234 cm³/mol. The number of aryl methyl sites for hydroxylation is 2. The van der Waals surface area contributed by atoms with Gasteiger partial charge in [-0.2, -0.15) is 15.1 Å². The summed E-state index contributed by atoms with van der Waals surface area (Å²) in [5.41, 5.74) is 9.98. The van der Waals surface area contributed by atoms with Crippen molar-refractivity contribution in [2.75, 3.05) is 18.0 Å². The number of anilines is 1. The van der Waals surface area contributed by atoms with Crippen LogP contribution in [0.15, 0.2) is 84.2 Å². The largest absolute Gasteiger partial charge is 0.486 e. The van der Waals surface area contributed by atoms with Gasteiger partial charge in [0, 0.05) is 72.7 Å². The number of nitrogens with one attached hydrogen (secondary N) is 2. The number of H-pyrrole nitrogens is 1. The van der Waals surface area contributed by atoms with Crippen LogP contribution in [0.2, 0.25) is 0 Å². The van der Waals surface area contributed by atoms with E-state index >= 15 is 4.39 Å². The number of aromatic nitrogens is 8. The summed E-state index contributed by atoms with van der Waals surface area (Å²) in [6.45, 7) is 4.17. The van der Waals surface area contributed by atoms with Gasteiger partial charge in [0.25, 0.3) is 0 Å². The summed E-state index contributed by atoms with van der Waals surface area (Å²) in [7, 11) is 1.75. The molecular formula is C48H45FN10O3. The molecule has 14 heteroatoms. The predicted octanol–water partition coefficient (Wildman–Crippen LogP) is 7.58. The van der Waals surface area contributed by atoms with Crippen LogP contribution in [0.25, 0.3) is 44.1 Å². The van der Waals surface area contributed by atoms with E-state index in [1.54, 1.807) is 28.6 Å². The third kappa shape index (κ3) is 6.13. The molecule has 1 saturated carbocycles. The van der Waals surface area contributed by atoms with Crippen LogP contribution in [0.4, 0.5) is 10.2 Å². The first-order valence-corrected chi connectivity index (χ1v) is 21.7. The first-order valence-electron chi connectivity index (χ1n) is 21.7. The van der Waals surface area contributed by atoms with Crippen molar-refractivity contribution in [1.82, 2.24) is 44.6 Å². The molecule has 0 amide bonds. The Morgan fingerprint density at radius 2 is 1.82 bits per heavy atom. The third-order valence-corrected chi connectivity index (χ3v) is 13.6. The van der Waals surface area contributed by atoms with Crippen LogP contribution in [0.5, 0.6) is 11.8 Å². The van der Waals surface area contributed by atoms with Gasteiger partial charge in [0.2, 0.25) is 0 Å². The Hall–Kier alpha value is -6.67. The minimum atomic E-state index is -0.320. The molecule has 4 aliphatic rings. The smallest absolute Gasteiger partial charge is 0.330 e. The van der Waals surface area contributed by atoms with Crippen molar-refractivity contribution < 1.29 is 13.9 Å². The lowest BCUT2D eigenvalue weighted by atomic mass is 9.88. The summed E-state index contributed by atoms with van der Waals surface area (Å²) < 4.78 is 33.4. The highest BCUT2D eigenvalue weighted by Gasteiger charge is 2.41. The maximum atomic E-state index is 16.0. The molecule has 5 aromatic heterocycles. The normalized spacial score (nSPS) is 19.5. The van der Waals surface area contributed by atoms with Crippen molar-refractivity contribution in [1.29, 1.82) is 0 Å². The van der Waals surface area contributed by atoms with Crippen LogP contribution in [-0.4, -0.2) is 64.4 Å². The van der Waals surface area contributed by atoms with Crippen LogP contribution in [0.3, 0.4) is 0 Å². The molecule has 12 rings (SSSR count). The molecule has 8 aromatic rings. The topological polar surface area (TPSA) is 141 Å². The van der Waals surface area contributed by atoms with Gasteiger partial charge < -0.3 is 19.7 Å². The molecule has 3 atom stereocenters. The molecule has 7 heterocycles. The number of ether oxygens (including phenoxy) is 2. The van der Waals surface area contributed by atoms with E-state index in [-0.39, 0.29) is 36.2 Å². The molecule has 62 heavy (non-hydrogen) atoms. The Bertz CT molecular complexity index is 3140. The molecule has 2 N–H and O–H groups in total. The molecule has 2 aliphatic heterocycles. The number of fused-ring (bicyclic) bond motifs is 6. The summed E-state index contributed by atoms with van der Waals surface area (Å²) >= 11 is 0. The average Bonchev–Trinajstić information content (AvgIpc) is 3.54. The Labute approximate surface area is 356 Å². The fourth-order valence-corrected chi connectivity index (χ4v) is 10.2. The van der Waals surface area contributed by atoms with E-state index in [0.717, 1.165) is 107 Å². The number of nitrogens with zero attached hydrogens (tertiary/aromatic N) is 8. The molecule has 0 unspecified atom stereocenters. The van der Waals surface area contributed by atoms with Crippen molar-refractivity contribution in [2.45, 2.75) is 82.7 Å². The first-order chi connectivity index (χ1) is 30.4. The van der Waals surface area contributed by atoms with Gasteiger partial charge in [-0.3, -0.25) is 19.2 Å². The lowest BCUT2D eigenvalue weighted by molar-refractivity contribution is 0.168. The molecular weight excluding hydrogens is 784 g/mol. The van der Waals surface area contributed by atoms with Gasteiger partial charge in [-0.15, -0.1) is 0 Å². The van der Waals surface area contributed by atoms with E-state index < -0.39 is 0 Å². The Morgan fingerprint density at radius 1 is 0.952 bits per heavy atom. The number of aromatic amines is 1. The van der Waals surface area contributed by atoms with Gasteiger partial charge >= 0.3 is 11.7 Å². The summed E-state index contributed by atoms with van der Waals surface area (Å²) in [5, 5.41) is 12.8. The highest BCUT2D eigenvalue weighted by molar-refractivity contribution is 6.06. The summed E-state index contributed by atoms with van der Waals surface area (Å²) in [4.78, 5) is 35.0. The number of imidazole rings is 1. The molecule has 0 spiro atoms. The fourth-order valence-electron chi connectivity index (χ4n) is 10.2. The van der Waals surface area contributed by atoms with E-state index in [1.165, 1.54) is 11.6 Å². The second-order valence-electron chi connectivity index (χ2n) is 17.5. The lowest BCUT2D eigenvalue weighted by Crippen LogP contribution is -2.44. The van der Waals surface area contributed by atoms with Crippen LogP contribution in [0.1, 0.15) is 77.5 Å². The van der Waals surface area contributed by atoms with E-state index in [1.807, 2.05) is 61.8 Å². The Kier molecular flexibility index (Phi) is 8.66. The number of halogens is 1. The van der Waals surface area contributed by atoms with Gasteiger partial charge in [0.1, 0.15) is 29.9 Å². The highest BCUT2D eigenvalue weighted by atomic mass is 19.1. The number of rotatable bonds is 10. The zero-order chi connectivity index (χ0) is 41.6. The van der Waals surface area contributed by atoms with Crippen LogP contribution >= 0.6 is 0 Å². The van der Waals surface area contributed by atoms with Crippen molar-refractivity contribution in [3.8, 4) is 22.9 Å². The van der Waals surface area contributed by atoms with Crippen LogP contribution < -0.4 is 25.4 Å². The van der Waals surface area contributed by atoms with Crippen molar-refractivity contribution in [2.24, 2.45) is 7.05 Å². The molecule has 13 nitrogen and oxygen atoms in total. The number of hydrogen-bond donors (Lipinski definition) is 2. The van der Waals surface area contributed by atoms with Crippen LogP contribution in [-0.2, 0) is 26.6 Å². The second kappa shape index (κ2) is 14.5. The zero-order valence-corrected chi connectivity index (χ0v) is 34.6.